The predicted octanol–water partition coefficient (Wildman–Crippen LogP) is 5.31. The predicted molar refractivity (Wildman–Crippen MR) is 134 cm³/mol. The monoisotopic (exact) mass is 485 g/mol. The van der Waals surface area contributed by atoms with Gasteiger partial charge in [-0.25, -0.2) is 14.6 Å². The Kier molecular flexibility index (Phi) is 5.20. The summed E-state index contributed by atoms with van der Waals surface area (Å²) in [4.78, 5) is 14.3. The van der Waals surface area contributed by atoms with Crippen molar-refractivity contribution in [1.82, 2.24) is 24.6 Å². The number of fused-ring (bicyclic) bond motifs is 1. The minimum atomic E-state index is 0.0360. The van der Waals surface area contributed by atoms with Crippen molar-refractivity contribution in [3.63, 3.8) is 0 Å². The van der Waals surface area contributed by atoms with Crippen molar-refractivity contribution in [2.24, 2.45) is 5.92 Å². The molecule has 0 amide bonds. The zero-order valence-electron chi connectivity index (χ0n) is 19.1. The SMILES string of the molecule is CC1CN(C2CCN(c3cc4nc(Nc5cnn(C6(C)CC6)c5Cl)ncc4cc3Cl)CC2)C1. The first-order valence-corrected chi connectivity index (χ1v) is 12.6. The highest BCUT2D eigenvalue weighted by Crippen LogP contribution is 2.45. The molecule has 9 heteroatoms. The second kappa shape index (κ2) is 8.00. The molecule has 33 heavy (non-hydrogen) atoms. The van der Waals surface area contributed by atoms with Gasteiger partial charge >= 0.3 is 0 Å². The van der Waals surface area contributed by atoms with Gasteiger partial charge in [0.05, 0.1) is 33.6 Å². The number of benzene rings is 1. The van der Waals surface area contributed by atoms with Gasteiger partial charge in [0.1, 0.15) is 0 Å². The van der Waals surface area contributed by atoms with Crippen molar-refractivity contribution in [2.75, 3.05) is 36.4 Å². The Bertz CT molecular complexity index is 1190. The highest BCUT2D eigenvalue weighted by molar-refractivity contribution is 6.34. The molecule has 3 aliphatic rings. The second-order valence-corrected chi connectivity index (χ2v) is 11.0. The van der Waals surface area contributed by atoms with Gasteiger partial charge in [-0.1, -0.05) is 30.1 Å². The van der Waals surface area contributed by atoms with Crippen molar-refractivity contribution in [2.45, 2.75) is 51.1 Å². The van der Waals surface area contributed by atoms with Gasteiger partial charge in [-0.2, -0.15) is 5.10 Å². The number of halogens is 2. The first kappa shape index (κ1) is 21.4. The van der Waals surface area contributed by atoms with Crippen LogP contribution in [0.4, 0.5) is 17.3 Å². The van der Waals surface area contributed by atoms with E-state index in [9.17, 15) is 0 Å². The van der Waals surface area contributed by atoms with Crippen molar-refractivity contribution < 1.29 is 0 Å². The van der Waals surface area contributed by atoms with E-state index in [1.807, 2.05) is 10.7 Å². The highest BCUT2D eigenvalue weighted by Gasteiger charge is 2.42. The maximum atomic E-state index is 6.68. The summed E-state index contributed by atoms with van der Waals surface area (Å²) in [5, 5.41) is 9.98. The minimum absolute atomic E-state index is 0.0360. The number of piperidine rings is 1. The smallest absolute Gasteiger partial charge is 0.227 e. The Morgan fingerprint density at radius 3 is 2.55 bits per heavy atom. The number of aromatic nitrogens is 4. The number of nitrogens with zero attached hydrogens (tertiary/aromatic N) is 6. The fourth-order valence-electron chi connectivity index (χ4n) is 5.17. The molecule has 0 atom stereocenters. The molecule has 2 aliphatic heterocycles. The first-order chi connectivity index (χ1) is 15.9. The molecule has 6 rings (SSSR count). The first-order valence-electron chi connectivity index (χ1n) is 11.9. The lowest BCUT2D eigenvalue weighted by Gasteiger charge is -2.46. The average molecular weight is 486 g/mol. The van der Waals surface area contributed by atoms with Crippen LogP contribution < -0.4 is 10.2 Å². The maximum Gasteiger partial charge on any atom is 0.227 e. The Morgan fingerprint density at radius 2 is 1.85 bits per heavy atom. The zero-order valence-corrected chi connectivity index (χ0v) is 20.6. The third kappa shape index (κ3) is 3.94. The molecule has 0 radical (unpaired) electrons. The normalized spacial score (nSPS) is 21.4. The fourth-order valence-corrected chi connectivity index (χ4v) is 5.80. The molecule has 1 N–H and O–H groups in total. The van der Waals surface area contributed by atoms with Gasteiger partial charge in [-0.05, 0) is 50.7 Å². The summed E-state index contributed by atoms with van der Waals surface area (Å²) in [7, 11) is 0. The minimum Gasteiger partial charge on any atom is -0.370 e. The molecule has 1 saturated carbocycles. The number of likely N-dealkylation sites (tertiary alicyclic amines) is 1. The van der Waals surface area contributed by atoms with Crippen LogP contribution in [-0.4, -0.2) is 56.9 Å². The van der Waals surface area contributed by atoms with E-state index in [-0.39, 0.29) is 5.54 Å². The molecular weight excluding hydrogens is 457 g/mol. The van der Waals surface area contributed by atoms with Crippen molar-refractivity contribution in [1.29, 1.82) is 0 Å². The third-order valence-electron chi connectivity index (χ3n) is 7.50. The van der Waals surface area contributed by atoms with E-state index in [0.29, 0.717) is 17.1 Å². The quantitative estimate of drug-likeness (QED) is 0.528. The van der Waals surface area contributed by atoms with Gasteiger partial charge in [-0.3, -0.25) is 4.90 Å². The van der Waals surface area contributed by atoms with E-state index in [2.05, 4.69) is 45.1 Å². The van der Waals surface area contributed by atoms with Crippen molar-refractivity contribution in [3.05, 3.63) is 34.7 Å². The van der Waals surface area contributed by atoms with Crippen LogP contribution in [0.25, 0.3) is 10.9 Å². The van der Waals surface area contributed by atoms with E-state index >= 15 is 0 Å². The van der Waals surface area contributed by atoms with E-state index in [1.165, 1.54) is 25.9 Å². The molecule has 7 nitrogen and oxygen atoms in total. The second-order valence-electron chi connectivity index (χ2n) is 10.2. The molecular formula is C24H29Cl2N7. The standard InChI is InChI=1S/C24H29Cl2N7/c1-15-13-32(14-15)17-3-7-31(8-4-17)21-10-19-16(9-18(21)25)11-27-23(29-19)30-20-12-28-33(22(20)26)24(2)5-6-24/h9-12,15,17H,3-8,13-14H2,1-2H3,(H,27,29,30). The summed E-state index contributed by atoms with van der Waals surface area (Å²) < 4.78 is 1.89. The van der Waals surface area contributed by atoms with Crippen LogP contribution >= 0.6 is 23.2 Å². The third-order valence-corrected chi connectivity index (χ3v) is 8.17. The highest BCUT2D eigenvalue weighted by atomic mass is 35.5. The lowest BCUT2D eigenvalue weighted by Crippen LogP contribution is -2.54. The molecule has 3 fully saturated rings. The molecule has 3 aromatic rings. The van der Waals surface area contributed by atoms with Crippen LogP contribution in [0.15, 0.2) is 24.5 Å². The molecule has 0 spiro atoms. The Hall–Kier alpha value is -2.09. The van der Waals surface area contributed by atoms with Gasteiger partial charge in [0, 0.05) is 43.8 Å². The summed E-state index contributed by atoms with van der Waals surface area (Å²) >= 11 is 13.3. The summed E-state index contributed by atoms with van der Waals surface area (Å²) in [5.74, 6) is 1.35. The molecule has 1 aromatic carbocycles. The van der Waals surface area contributed by atoms with E-state index < -0.39 is 0 Å². The van der Waals surface area contributed by atoms with Gasteiger partial charge in [-0.15, -0.1) is 0 Å². The summed E-state index contributed by atoms with van der Waals surface area (Å²) in [6, 6.07) is 4.77. The summed E-state index contributed by atoms with van der Waals surface area (Å²) in [6.07, 6.45) is 8.10. The van der Waals surface area contributed by atoms with Gasteiger partial charge in [0.2, 0.25) is 5.95 Å². The summed E-state index contributed by atoms with van der Waals surface area (Å²) in [6.45, 7) is 9.03. The topological polar surface area (TPSA) is 62.1 Å². The van der Waals surface area contributed by atoms with Gasteiger partial charge < -0.3 is 10.2 Å². The molecule has 174 valence electrons. The maximum absolute atomic E-state index is 6.68. The van der Waals surface area contributed by atoms with Crippen LogP contribution in [-0.2, 0) is 5.54 Å². The number of rotatable bonds is 5. The van der Waals surface area contributed by atoms with E-state index in [0.717, 1.165) is 59.1 Å². The van der Waals surface area contributed by atoms with E-state index in [1.54, 1.807) is 12.4 Å². The molecule has 0 unspecified atom stereocenters. The van der Waals surface area contributed by atoms with Crippen LogP contribution in [0.5, 0.6) is 0 Å². The van der Waals surface area contributed by atoms with Crippen molar-refractivity contribution >= 4 is 51.4 Å². The largest absolute Gasteiger partial charge is 0.370 e. The fraction of sp³-hybridized carbons (Fsp3) is 0.542. The molecule has 2 aromatic heterocycles. The Balaban J connectivity index is 1.21. The van der Waals surface area contributed by atoms with Crippen LogP contribution in [0.3, 0.4) is 0 Å². The molecule has 0 bridgehead atoms. The van der Waals surface area contributed by atoms with Crippen LogP contribution in [0, 0.1) is 5.92 Å². The van der Waals surface area contributed by atoms with Crippen LogP contribution in [0.2, 0.25) is 10.2 Å². The van der Waals surface area contributed by atoms with Crippen molar-refractivity contribution in [3.8, 4) is 0 Å². The molecule has 4 heterocycles. The zero-order chi connectivity index (χ0) is 22.7. The van der Waals surface area contributed by atoms with E-state index in [4.69, 9.17) is 28.2 Å². The molecule has 2 saturated heterocycles. The Morgan fingerprint density at radius 1 is 1.09 bits per heavy atom. The summed E-state index contributed by atoms with van der Waals surface area (Å²) in [5.41, 5.74) is 2.68. The average Bonchev–Trinajstić information content (AvgIpc) is 3.43. The number of nitrogens with one attached hydrogen (secondary N) is 1. The Labute approximate surface area is 204 Å². The number of anilines is 3. The lowest BCUT2D eigenvalue weighted by molar-refractivity contribution is 0.0503. The van der Waals surface area contributed by atoms with Crippen LogP contribution in [0.1, 0.15) is 39.5 Å². The number of hydrogen-bond acceptors (Lipinski definition) is 6. The molecule has 1 aliphatic carbocycles. The van der Waals surface area contributed by atoms with Gasteiger partial charge in [0.25, 0.3) is 0 Å². The number of hydrogen-bond donors (Lipinski definition) is 1. The lowest BCUT2D eigenvalue weighted by atomic mass is 9.94. The van der Waals surface area contributed by atoms with Gasteiger partial charge in [0.15, 0.2) is 5.15 Å².